The van der Waals surface area contributed by atoms with Crippen LogP contribution in [0.2, 0.25) is 0 Å². The minimum atomic E-state index is -0.458. The first-order valence-corrected chi connectivity index (χ1v) is 49.5. The molecule has 10 aromatic rings. The molecule has 0 bridgehead atoms. The maximum absolute atomic E-state index is 12.3. The zero-order valence-electron chi connectivity index (χ0n) is 91.4. The summed E-state index contributed by atoms with van der Waals surface area (Å²) in [6.45, 7) is 67.8. The quantitative estimate of drug-likeness (QED) is 0.0189. The van der Waals surface area contributed by atoms with E-state index in [0.717, 1.165) is 55.7 Å². The molecule has 792 valence electrons. The molecule has 1 fully saturated rings. The summed E-state index contributed by atoms with van der Waals surface area (Å²) in [5, 5.41) is 52.9. The highest BCUT2D eigenvalue weighted by molar-refractivity contribution is 7.13. The fourth-order valence-electron chi connectivity index (χ4n) is 11.6. The first-order chi connectivity index (χ1) is 66.6. The number of anilines is 4. The third kappa shape index (κ3) is 57.1. The highest BCUT2D eigenvalue weighted by atomic mass is 32.1. The zero-order chi connectivity index (χ0) is 109. The van der Waals surface area contributed by atoms with Gasteiger partial charge in [-0.15, -0.1) is 11.3 Å². The molecular formula is C109H165N19O15S. The van der Waals surface area contributed by atoms with Crippen molar-refractivity contribution < 1.29 is 61.8 Å². The number of ether oxygens (including phenoxy) is 2. The van der Waals surface area contributed by atoms with Crippen molar-refractivity contribution in [2.45, 2.75) is 265 Å². The van der Waals surface area contributed by atoms with E-state index >= 15 is 0 Å². The molecule has 35 heteroatoms. The van der Waals surface area contributed by atoms with Crippen LogP contribution in [-0.4, -0.2) is 152 Å². The zero-order valence-corrected chi connectivity index (χ0v) is 92.2. The summed E-state index contributed by atoms with van der Waals surface area (Å²) in [5.41, 5.74) is 5.13. The lowest BCUT2D eigenvalue weighted by atomic mass is 9.92. The molecule has 0 aliphatic heterocycles. The minimum absolute atomic E-state index is 0.000486. The van der Waals surface area contributed by atoms with Gasteiger partial charge in [0.1, 0.15) is 35.3 Å². The van der Waals surface area contributed by atoms with Crippen LogP contribution in [0.25, 0.3) is 0 Å². The van der Waals surface area contributed by atoms with Gasteiger partial charge in [-0.1, -0.05) is 253 Å². The third-order valence-electron chi connectivity index (χ3n) is 19.6. The Balaban J connectivity index is 0.000000418. The lowest BCUT2D eigenvalue weighted by Crippen LogP contribution is -2.43. The van der Waals surface area contributed by atoms with E-state index < -0.39 is 4.92 Å². The van der Waals surface area contributed by atoms with Gasteiger partial charge in [-0.25, -0.2) is 24.1 Å². The van der Waals surface area contributed by atoms with Crippen LogP contribution in [0.5, 0.6) is 11.5 Å². The predicted molar refractivity (Wildman–Crippen MR) is 578 cm³/mol. The van der Waals surface area contributed by atoms with E-state index in [1.165, 1.54) is 42.8 Å². The fraction of sp³-hybridized carbons (Fsp3) is 0.523. The summed E-state index contributed by atoms with van der Waals surface area (Å²) < 4.78 is 24.9. The molecule has 9 amide bonds. The number of carbonyl (C=O) groups excluding carboxylic acids is 7. The average Bonchev–Trinajstić information content (AvgIpc) is 1.70. The number of imidazole rings is 2. The van der Waals surface area contributed by atoms with Crippen molar-refractivity contribution in [3.8, 4) is 11.5 Å². The Bertz CT molecular complexity index is 5430. The van der Waals surface area contributed by atoms with E-state index in [0.29, 0.717) is 114 Å². The number of benzene rings is 4. The summed E-state index contributed by atoms with van der Waals surface area (Å²) in [5.74, 6) is 3.23. The molecule has 11 rings (SSSR count). The molecule has 34 nitrogen and oxygen atoms in total. The Hall–Kier alpha value is -13.3. The largest absolute Gasteiger partial charge is 0.492 e. The Kier molecular flexibility index (Phi) is 51.2. The molecule has 144 heavy (non-hydrogen) atoms. The van der Waals surface area contributed by atoms with E-state index in [-0.39, 0.29) is 107 Å². The molecule has 0 saturated heterocycles. The van der Waals surface area contributed by atoms with Gasteiger partial charge in [-0.05, 0) is 181 Å². The Morgan fingerprint density at radius 1 is 0.479 bits per heavy atom. The number of hydrogen-bond acceptors (Lipinski definition) is 22. The number of aromatic nitrogens is 7. The standard InChI is InChI=1S/C16H20N2O3.C15H18N2O2S.C14H23N3O.C12H17NO.C11H16N2O.C11H22N2O.2C10H17N3O2.C10H15NO2/c1-11-9-14(18-21-11)17-15(19)12-7-5-6-8-13(12)20-10-16(2,3)4;1-15(2,3)10-19-12-7-5-4-6-11(12)13(18)17-14-16-8-9-20-14;1-14(2,3)10-15-13(18)16-11-6-8-12(9-7-11)17(4)5;1-12(2,3)9-13-11(14)10-7-5-4-6-8-10;1-11(2,3)8-13-10(14)9-6-4-5-7-12-9;1-11(2,3)8-12-10(14)13-9-6-4-5-7-9;1-8-11-9(13(14)15)7-12(8)6-5-10(2,3)4;1-8-11-7-9(13(14)15)12(8)6-5-10(2,3)4;1-10(2,3)7-11-9(12)8-5-4-6-13-8/h5-9H,10H2,1-4H3,(H,17,18,19);4-9H,10H2,1-3H3,(H,16,17,18);6-9H,10H2,1-5H3,(H2,15,16,18);4-8H,9H2,1-3H3,(H,13,14);4-7H,8H2,1-3H3,(H,13,14);9H,4-8H2,1-3H3,(H2,12,13,14);2*7H,5-6H2,1-4H3;4-6H,7H2,1-3H3,(H,11,12). The van der Waals surface area contributed by atoms with Crippen LogP contribution in [-0.2, 0) is 13.1 Å². The number of aryl methyl sites for hydroxylation is 4. The van der Waals surface area contributed by atoms with E-state index in [1.807, 2.05) is 108 Å². The average molecular weight is 2010 g/mol. The smallest absolute Gasteiger partial charge is 0.381 e. The fourth-order valence-corrected chi connectivity index (χ4v) is 12.1. The minimum Gasteiger partial charge on any atom is -0.492 e. The highest BCUT2D eigenvalue weighted by Gasteiger charge is 2.26. The van der Waals surface area contributed by atoms with E-state index in [4.69, 9.17) is 18.4 Å². The summed E-state index contributed by atoms with van der Waals surface area (Å²) in [6, 6.07) is 42.0. The molecule has 9 N–H and O–H groups in total. The highest BCUT2D eigenvalue weighted by Crippen LogP contribution is 2.29. The van der Waals surface area contributed by atoms with Crippen LogP contribution in [0.4, 0.5) is 43.5 Å². The van der Waals surface area contributed by atoms with Gasteiger partial charge in [0.2, 0.25) is 5.82 Å². The summed E-state index contributed by atoms with van der Waals surface area (Å²) >= 11 is 1.39. The lowest BCUT2D eigenvalue weighted by Gasteiger charge is -2.20. The second-order valence-electron chi connectivity index (χ2n) is 46.0. The molecule has 1 aliphatic rings. The van der Waals surface area contributed by atoms with E-state index in [1.54, 1.807) is 98.4 Å². The molecule has 6 aromatic heterocycles. The second-order valence-corrected chi connectivity index (χ2v) is 46.9. The van der Waals surface area contributed by atoms with Crippen LogP contribution in [0.1, 0.15) is 295 Å². The molecular weight excluding hydrogens is 1850 g/mol. The molecule has 0 spiro atoms. The van der Waals surface area contributed by atoms with Crippen LogP contribution < -0.4 is 62.2 Å². The number of thiazole rings is 1. The monoisotopic (exact) mass is 2010 g/mol. The number of nitro groups is 2. The van der Waals surface area contributed by atoms with Crippen molar-refractivity contribution in [1.82, 2.24) is 66.1 Å². The molecule has 1 saturated carbocycles. The molecule has 4 aromatic carbocycles. The number of amides is 9. The van der Waals surface area contributed by atoms with Gasteiger partial charge in [-0.3, -0.25) is 34.3 Å². The Morgan fingerprint density at radius 3 is 1.40 bits per heavy atom. The number of furan rings is 1. The van der Waals surface area contributed by atoms with Crippen molar-refractivity contribution in [3.05, 3.63) is 242 Å². The maximum atomic E-state index is 12.3. The molecule has 0 unspecified atom stereocenters. The van der Waals surface area contributed by atoms with E-state index in [2.05, 4.69) is 260 Å². The number of urea groups is 2. The van der Waals surface area contributed by atoms with Crippen LogP contribution in [0.3, 0.4) is 0 Å². The Morgan fingerprint density at radius 2 is 0.958 bits per heavy atom. The van der Waals surface area contributed by atoms with Crippen molar-refractivity contribution >= 4 is 86.9 Å². The number of hydrogen-bond donors (Lipinski definition) is 9. The third-order valence-corrected chi connectivity index (χ3v) is 20.3. The number of para-hydroxylation sites is 2. The summed E-state index contributed by atoms with van der Waals surface area (Å²) in [4.78, 5) is 120. The van der Waals surface area contributed by atoms with Crippen LogP contribution in [0, 0.1) is 89.7 Å². The van der Waals surface area contributed by atoms with Crippen molar-refractivity contribution in [1.29, 1.82) is 0 Å². The van der Waals surface area contributed by atoms with Crippen LogP contribution in [0.15, 0.2) is 185 Å². The van der Waals surface area contributed by atoms with Crippen molar-refractivity contribution in [3.63, 3.8) is 0 Å². The van der Waals surface area contributed by atoms with Crippen molar-refractivity contribution in [2.75, 3.05) is 80.9 Å². The molecule has 0 radical (unpaired) electrons. The van der Waals surface area contributed by atoms with Gasteiger partial charge in [0, 0.05) is 114 Å². The number of pyridine rings is 1. The summed E-state index contributed by atoms with van der Waals surface area (Å²) in [6.07, 6.45) is 14.2. The number of rotatable bonds is 25. The molecule has 1 aliphatic carbocycles. The first kappa shape index (κ1) is 125. The number of nitrogens with zero attached hydrogens (tertiary/aromatic N) is 10. The number of nitrogens with one attached hydrogen (secondary N) is 9. The lowest BCUT2D eigenvalue weighted by molar-refractivity contribution is -0.392. The maximum Gasteiger partial charge on any atom is 0.381 e. The van der Waals surface area contributed by atoms with Crippen LogP contribution >= 0.6 is 11.3 Å². The van der Waals surface area contributed by atoms with Gasteiger partial charge in [-0.2, -0.15) is 0 Å². The van der Waals surface area contributed by atoms with Gasteiger partial charge in [0.25, 0.3) is 29.5 Å². The van der Waals surface area contributed by atoms with Gasteiger partial charge in [0.15, 0.2) is 22.5 Å². The van der Waals surface area contributed by atoms with E-state index in [9.17, 15) is 53.8 Å². The first-order valence-electron chi connectivity index (χ1n) is 48.6. The normalized spacial score (nSPS) is 11.9. The molecule has 6 heterocycles. The second kappa shape index (κ2) is 59.0. The number of carbonyl (C=O) groups is 7. The van der Waals surface area contributed by atoms with Gasteiger partial charge < -0.3 is 90.6 Å². The topological polar surface area (TPSA) is 436 Å². The molecule has 0 atom stereocenters. The van der Waals surface area contributed by atoms with Crippen molar-refractivity contribution in [2.24, 2.45) is 48.7 Å². The SMILES string of the molecule is CC(C)(C)CNC(=O)NC1CCCC1.CC(C)(C)CNC(=O)c1ccccc1.CC(C)(C)CNC(=O)c1ccccn1.CC(C)(C)CNC(=O)c1ccco1.CC(C)(C)COc1ccccc1C(=O)Nc1nccs1.CN(C)c1ccc(NC(=O)NCC(C)(C)C)cc1.Cc1cc(NC(=O)c2ccccc2OCC(C)(C)C)no1.Cc1nc([N+](=O)[O-])cn1CCC(C)(C)C.Cc1ncc([N+](=O)[O-])n1CCC(C)(C)C. The van der Waals surface area contributed by atoms with Gasteiger partial charge >= 0.3 is 23.7 Å². The predicted octanol–water partition coefficient (Wildman–Crippen LogP) is 24.1. The van der Waals surface area contributed by atoms with Gasteiger partial charge in [0.05, 0.1) is 37.1 Å². The summed E-state index contributed by atoms with van der Waals surface area (Å²) in [7, 11) is 3.97. The Labute approximate surface area is 858 Å².